The second-order valence-electron chi connectivity index (χ2n) is 5.89. The third-order valence-electron chi connectivity index (χ3n) is 3.82. The first-order valence-corrected chi connectivity index (χ1v) is 7.81. The number of benzene rings is 1. The summed E-state index contributed by atoms with van der Waals surface area (Å²) in [5, 5.41) is 8.04. The molecule has 3 aromatic rings. The van der Waals surface area contributed by atoms with E-state index in [0.29, 0.717) is 16.5 Å². The SMILES string of the molecule is CC(C)C(NC(=O)c1c(Cl)oc2ccccc12)c1cnn(C)c1. The molecule has 5 nitrogen and oxygen atoms in total. The number of halogens is 1. The number of carbonyl (C=O) groups is 1. The van der Waals surface area contributed by atoms with Crippen molar-refractivity contribution in [2.75, 3.05) is 0 Å². The van der Waals surface area contributed by atoms with Gasteiger partial charge in [-0.15, -0.1) is 0 Å². The monoisotopic (exact) mass is 331 g/mol. The Kier molecular flexibility index (Phi) is 4.13. The fourth-order valence-corrected chi connectivity index (χ4v) is 2.95. The number of para-hydroxylation sites is 1. The maximum Gasteiger partial charge on any atom is 0.257 e. The molecule has 2 heterocycles. The fraction of sp³-hybridized carbons (Fsp3) is 0.294. The van der Waals surface area contributed by atoms with E-state index < -0.39 is 0 Å². The number of aryl methyl sites for hydroxylation is 1. The van der Waals surface area contributed by atoms with E-state index in [0.717, 1.165) is 5.56 Å². The van der Waals surface area contributed by atoms with Crippen LogP contribution in [0, 0.1) is 5.92 Å². The van der Waals surface area contributed by atoms with Crippen LogP contribution < -0.4 is 5.32 Å². The second kappa shape index (κ2) is 6.08. The van der Waals surface area contributed by atoms with Crippen LogP contribution in [0.25, 0.3) is 11.0 Å². The zero-order valence-electron chi connectivity index (χ0n) is 13.2. The zero-order valence-corrected chi connectivity index (χ0v) is 14.0. The number of nitrogens with zero attached hydrogens (tertiary/aromatic N) is 2. The van der Waals surface area contributed by atoms with E-state index in [1.165, 1.54) is 0 Å². The van der Waals surface area contributed by atoms with Crippen molar-refractivity contribution >= 4 is 28.5 Å². The number of hydrogen-bond acceptors (Lipinski definition) is 3. The first kappa shape index (κ1) is 15.6. The first-order chi connectivity index (χ1) is 11.0. The summed E-state index contributed by atoms with van der Waals surface area (Å²) in [5.74, 6) is -0.0393. The highest BCUT2D eigenvalue weighted by atomic mass is 35.5. The van der Waals surface area contributed by atoms with Gasteiger partial charge in [0.1, 0.15) is 11.1 Å². The molecule has 0 saturated heterocycles. The minimum absolute atomic E-state index is 0.109. The molecule has 2 aromatic heterocycles. The summed E-state index contributed by atoms with van der Waals surface area (Å²) in [4.78, 5) is 12.8. The van der Waals surface area contributed by atoms with Crippen LogP contribution in [0.1, 0.15) is 35.8 Å². The van der Waals surface area contributed by atoms with Crippen LogP contribution in [-0.2, 0) is 7.05 Å². The highest BCUT2D eigenvalue weighted by Gasteiger charge is 2.25. The van der Waals surface area contributed by atoms with E-state index in [1.807, 2.05) is 45.3 Å². The van der Waals surface area contributed by atoms with Gasteiger partial charge < -0.3 is 9.73 Å². The Morgan fingerprint density at radius 1 is 1.35 bits per heavy atom. The Hall–Kier alpha value is -2.27. The number of aromatic nitrogens is 2. The van der Waals surface area contributed by atoms with Crippen molar-refractivity contribution < 1.29 is 9.21 Å². The normalized spacial score (nSPS) is 12.7. The highest BCUT2D eigenvalue weighted by Crippen LogP contribution is 2.30. The molecule has 6 heteroatoms. The lowest BCUT2D eigenvalue weighted by Crippen LogP contribution is -2.31. The molecule has 0 aliphatic carbocycles. The number of rotatable bonds is 4. The van der Waals surface area contributed by atoms with E-state index in [9.17, 15) is 4.79 Å². The van der Waals surface area contributed by atoms with Crippen molar-refractivity contribution in [1.82, 2.24) is 15.1 Å². The van der Waals surface area contributed by atoms with Crippen molar-refractivity contribution in [2.24, 2.45) is 13.0 Å². The molecule has 0 bridgehead atoms. The topological polar surface area (TPSA) is 60.1 Å². The summed E-state index contributed by atoms with van der Waals surface area (Å²) in [6, 6.07) is 7.16. The summed E-state index contributed by atoms with van der Waals surface area (Å²) < 4.78 is 7.18. The van der Waals surface area contributed by atoms with E-state index in [1.54, 1.807) is 16.9 Å². The van der Waals surface area contributed by atoms with Crippen LogP contribution in [-0.4, -0.2) is 15.7 Å². The lowest BCUT2D eigenvalue weighted by molar-refractivity contribution is 0.0926. The maximum absolute atomic E-state index is 12.8. The number of fused-ring (bicyclic) bond motifs is 1. The Morgan fingerprint density at radius 3 is 2.74 bits per heavy atom. The van der Waals surface area contributed by atoms with Gasteiger partial charge >= 0.3 is 0 Å². The van der Waals surface area contributed by atoms with E-state index in [4.69, 9.17) is 16.0 Å². The van der Waals surface area contributed by atoms with Crippen molar-refractivity contribution in [3.05, 3.63) is 53.0 Å². The van der Waals surface area contributed by atoms with Gasteiger partial charge in [-0.2, -0.15) is 5.10 Å². The summed E-state index contributed by atoms with van der Waals surface area (Å²) in [7, 11) is 1.85. The average Bonchev–Trinajstić information content (AvgIpc) is 3.06. The van der Waals surface area contributed by atoms with Crippen LogP contribution in [0.4, 0.5) is 0 Å². The Bertz CT molecular complexity index is 851. The molecule has 0 aliphatic rings. The number of nitrogens with one attached hydrogen (secondary N) is 1. The summed E-state index contributed by atoms with van der Waals surface area (Å²) in [5.41, 5.74) is 1.93. The molecule has 1 N–H and O–H groups in total. The highest BCUT2D eigenvalue weighted by molar-refractivity contribution is 6.34. The smallest absolute Gasteiger partial charge is 0.257 e. The standard InChI is InChI=1S/C17H18ClN3O2/c1-10(2)15(11-8-19-21(3)9-11)20-17(22)14-12-6-4-5-7-13(12)23-16(14)18/h4-10,15H,1-3H3,(H,20,22). The number of furan rings is 1. The van der Waals surface area contributed by atoms with Crippen LogP contribution >= 0.6 is 11.6 Å². The van der Waals surface area contributed by atoms with Gasteiger partial charge in [0.2, 0.25) is 5.22 Å². The molecule has 1 atom stereocenters. The average molecular weight is 332 g/mol. The fourth-order valence-electron chi connectivity index (χ4n) is 2.68. The number of carbonyl (C=O) groups excluding carboxylic acids is 1. The maximum atomic E-state index is 12.8. The van der Waals surface area contributed by atoms with Crippen LogP contribution in [0.3, 0.4) is 0 Å². The summed E-state index contributed by atoms with van der Waals surface area (Å²) in [6.45, 7) is 4.10. The molecule has 0 fully saturated rings. The quantitative estimate of drug-likeness (QED) is 0.787. The molecule has 23 heavy (non-hydrogen) atoms. The summed E-state index contributed by atoms with van der Waals surface area (Å²) in [6.07, 6.45) is 3.67. The van der Waals surface area contributed by atoms with Gasteiger partial charge in [-0.25, -0.2) is 0 Å². The number of amides is 1. The largest absolute Gasteiger partial charge is 0.444 e. The van der Waals surface area contributed by atoms with Crippen molar-refractivity contribution in [3.63, 3.8) is 0 Å². The molecule has 1 amide bonds. The molecule has 1 unspecified atom stereocenters. The Morgan fingerprint density at radius 2 is 2.09 bits per heavy atom. The summed E-state index contributed by atoms with van der Waals surface area (Å²) >= 11 is 6.13. The molecule has 3 rings (SSSR count). The molecular weight excluding hydrogens is 314 g/mol. The van der Waals surface area contributed by atoms with Crippen LogP contribution in [0.5, 0.6) is 0 Å². The second-order valence-corrected chi connectivity index (χ2v) is 6.23. The number of hydrogen-bond donors (Lipinski definition) is 1. The molecule has 0 spiro atoms. The van der Waals surface area contributed by atoms with E-state index >= 15 is 0 Å². The Labute approximate surface area is 139 Å². The van der Waals surface area contributed by atoms with Crippen LogP contribution in [0.2, 0.25) is 5.22 Å². The van der Waals surface area contributed by atoms with Gasteiger partial charge in [0.05, 0.1) is 12.2 Å². The van der Waals surface area contributed by atoms with Crippen LogP contribution in [0.15, 0.2) is 41.1 Å². The first-order valence-electron chi connectivity index (χ1n) is 7.44. The van der Waals surface area contributed by atoms with Crippen molar-refractivity contribution in [1.29, 1.82) is 0 Å². The Balaban J connectivity index is 1.94. The molecule has 120 valence electrons. The molecular formula is C17H18ClN3O2. The van der Waals surface area contributed by atoms with Gasteiger partial charge in [0.25, 0.3) is 5.91 Å². The predicted octanol–water partition coefficient (Wildman–Crippen LogP) is 3.95. The van der Waals surface area contributed by atoms with Crippen molar-refractivity contribution in [3.8, 4) is 0 Å². The molecule has 0 radical (unpaired) electrons. The van der Waals surface area contributed by atoms with Gasteiger partial charge in [-0.05, 0) is 23.6 Å². The zero-order chi connectivity index (χ0) is 16.6. The molecule has 0 saturated carbocycles. The van der Waals surface area contributed by atoms with E-state index in [-0.39, 0.29) is 23.1 Å². The van der Waals surface area contributed by atoms with Gasteiger partial charge in [-0.3, -0.25) is 9.48 Å². The minimum Gasteiger partial charge on any atom is -0.444 e. The lowest BCUT2D eigenvalue weighted by Gasteiger charge is -2.21. The predicted molar refractivity (Wildman–Crippen MR) is 89.5 cm³/mol. The third kappa shape index (κ3) is 2.97. The molecule has 0 aliphatic heterocycles. The van der Waals surface area contributed by atoms with Gasteiger partial charge in [0, 0.05) is 24.2 Å². The van der Waals surface area contributed by atoms with Crippen molar-refractivity contribution in [2.45, 2.75) is 19.9 Å². The minimum atomic E-state index is -0.248. The van der Waals surface area contributed by atoms with E-state index in [2.05, 4.69) is 10.4 Å². The third-order valence-corrected chi connectivity index (χ3v) is 4.08. The van der Waals surface area contributed by atoms with Gasteiger partial charge in [0.15, 0.2) is 0 Å². The lowest BCUT2D eigenvalue weighted by atomic mass is 9.98. The van der Waals surface area contributed by atoms with Gasteiger partial charge in [-0.1, -0.05) is 32.0 Å². The molecule has 1 aromatic carbocycles.